The predicted octanol–water partition coefficient (Wildman–Crippen LogP) is 4.56. The summed E-state index contributed by atoms with van der Waals surface area (Å²) in [7, 11) is 1.60. The highest BCUT2D eigenvalue weighted by Gasteiger charge is 2.12. The average molecular weight is 481 g/mol. The van der Waals surface area contributed by atoms with Crippen molar-refractivity contribution in [2.45, 2.75) is 0 Å². The van der Waals surface area contributed by atoms with E-state index in [1.807, 2.05) is 66.7 Å². The van der Waals surface area contributed by atoms with E-state index in [0.29, 0.717) is 28.2 Å². The molecule has 0 unspecified atom stereocenters. The number of hydrogen-bond donors (Lipinski definition) is 0. The maximum absolute atomic E-state index is 13.3. The second-order valence-corrected chi connectivity index (χ2v) is 7.31. The molecule has 0 saturated carbocycles. The first-order chi connectivity index (χ1) is 13.7. The summed E-state index contributed by atoms with van der Waals surface area (Å²) < 4.78 is 7.91. The van der Waals surface area contributed by atoms with Crippen molar-refractivity contribution in [1.29, 1.82) is 0 Å². The molecule has 2 aromatic carbocycles. The van der Waals surface area contributed by atoms with Crippen LogP contribution in [-0.2, 0) is 0 Å². The third-order valence-electron chi connectivity index (χ3n) is 4.26. The number of pyridine rings is 1. The molecule has 0 saturated heterocycles. The Bertz CT molecular complexity index is 1230. The molecule has 0 bridgehead atoms. The number of fused-ring (bicyclic) bond motifs is 1. The van der Waals surface area contributed by atoms with Crippen molar-refractivity contribution < 1.29 is 4.74 Å². The lowest BCUT2D eigenvalue weighted by Gasteiger charge is -2.12. The summed E-state index contributed by atoms with van der Waals surface area (Å²) in [6, 6.07) is 18.7. The van der Waals surface area contributed by atoms with Gasteiger partial charge in [-0.25, -0.2) is 4.98 Å². The molecule has 28 heavy (non-hydrogen) atoms. The van der Waals surface area contributed by atoms with Crippen molar-refractivity contribution in [3.8, 4) is 11.4 Å². The van der Waals surface area contributed by atoms with Crippen molar-refractivity contribution in [3.63, 3.8) is 0 Å². The van der Waals surface area contributed by atoms with Gasteiger partial charge in [0.15, 0.2) is 0 Å². The van der Waals surface area contributed by atoms with Gasteiger partial charge in [-0.1, -0.05) is 12.1 Å². The monoisotopic (exact) mass is 481 g/mol. The van der Waals surface area contributed by atoms with Crippen LogP contribution in [0, 0.1) is 3.57 Å². The first-order valence-electron chi connectivity index (χ1n) is 8.61. The number of methoxy groups -OCH3 is 1. The van der Waals surface area contributed by atoms with E-state index < -0.39 is 0 Å². The van der Waals surface area contributed by atoms with E-state index in [0.717, 1.165) is 9.26 Å². The zero-order valence-corrected chi connectivity index (χ0v) is 17.2. The van der Waals surface area contributed by atoms with Crippen LogP contribution in [0.15, 0.2) is 71.7 Å². The zero-order valence-electron chi connectivity index (χ0n) is 15.0. The lowest BCUT2D eigenvalue weighted by atomic mass is 10.2. The molecule has 0 amide bonds. The third kappa shape index (κ3) is 3.68. The number of halogens is 1. The van der Waals surface area contributed by atoms with Gasteiger partial charge >= 0.3 is 0 Å². The van der Waals surface area contributed by atoms with Gasteiger partial charge in [-0.05, 0) is 77.2 Å². The molecule has 5 nitrogen and oxygen atoms in total. The molecular formula is C22H16IN3O2. The summed E-state index contributed by atoms with van der Waals surface area (Å²) in [4.78, 5) is 22.4. The van der Waals surface area contributed by atoms with Gasteiger partial charge in [0.25, 0.3) is 5.56 Å². The van der Waals surface area contributed by atoms with E-state index in [1.54, 1.807) is 23.9 Å². The number of hydrogen-bond acceptors (Lipinski definition) is 4. The third-order valence-corrected chi connectivity index (χ3v) is 4.93. The molecule has 0 atom stereocenters. The molecule has 0 aliphatic carbocycles. The Morgan fingerprint density at radius 1 is 1.04 bits per heavy atom. The van der Waals surface area contributed by atoms with Crippen molar-refractivity contribution in [1.82, 2.24) is 14.5 Å². The minimum atomic E-state index is -0.127. The van der Waals surface area contributed by atoms with E-state index >= 15 is 0 Å². The maximum atomic E-state index is 13.3. The van der Waals surface area contributed by atoms with Gasteiger partial charge in [0, 0.05) is 15.8 Å². The second kappa shape index (κ2) is 7.93. The SMILES string of the molecule is COc1cccc(-n2c(/C=C/c3ccccn3)nc3ccc(I)cc3c2=O)c1. The van der Waals surface area contributed by atoms with E-state index in [-0.39, 0.29) is 5.56 Å². The van der Waals surface area contributed by atoms with Crippen LogP contribution in [-0.4, -0.2) is 21.6 Å². The van der Waals surface area contributed by atoms with Crippen molar-refractivity contribution in [2.24, 2.45) is 0 Å². The summed E-state index contributed by atoms with van der Waals surface area (Å²) in [5, 5.41) is 0.574. The lowest BCUT2D eigenvalue weighted by Crippen LogP contribution is -2.22. The van der Waals surface area contributed by atoms with Crippen LogP contribution in [0.4, 0.5) is 0 Å². The van der Waals surface area contributed by atoms with E-state index in [2.05, 4.69) is 27.6 Å². The molecule has 4 aromatic rings. The van der Waals surface area contributed by atoms with Crippen LogP contribution in [0.25, 0.3) is 28.7 Å². The highest BCUT2D eigenvalue weighted by Crippen LogP contribution is 2.20. The van der Waals surface area contributed by atoms with Crippen LogP contribution in [0.5, 0.6) is 5.75 Å². The van der Waals surface area contributed by atoms with E-state index in [9.17, 15) is 4.79 Å². The Labute approximate surface area is 175 Å². The Hall–Kier alpha value is -3.00. The predicted molar refractivity (Wildman–Crippen MR) is 120 cm³/mol. The minimum Gasteiger partial charge on any atom is -0.497 e. The Kier molecular flexibility index (Phi) is 5.21. The topological polar surface area (TPSA) is 57.0 Å². The molecule has 0 fully saturated rings. The highest BCUT2D eigenvalue weighted by atomic mass is 127. The first-order valence-corrected chi connectivity index (χ1v) is 9.69. The Morgan fingerprint density at radius 2 is 1.93 bits per heavy atom. The van der Waals surface area contributed by atoms with Crippen LogP contribution < -0.4 is 10.3 Å². The van der Waals surface area contributed by atoms with Gasteiger partial charge in [0.1, 0.15) is 11.6 Å². The summed E-state index contributed by atoms with van der Waals surface area (Å²) in [5.41, 5.74) is 2.01. The fourth-order valence-corrected chi connectivity index (χ4v) is 3.41. The molecule has 2 aromatic heterocycles. The van der Waals surface area contributed by atoms with Gasteiger partial charge in [-0.2, -0.15) is 0 Å². The normalized spacial score (nSPS) is 11.2. The van der Waals surface area contributed by atoms with E-state index in [4.69, 9.17) is 9.72 Å². The summed E-state index contributed by atoms with van der Waals surface area (Å²) in [6.45, 7) is 0. The largest absolute Gasteiger partial charge is 0.497 e. The van der Waals surface area contributed by atoms with Crippen LogP contribution in [0.3, 0.4) is 0 Å². The molecule has 0 aliphatic heterocycles. The minimum absolute atomic E-state index is 0.127. The highest BCUT2D eigenvalue weighted by molar-refractivity contribution is 14.1. The number of nitrogens with zero attached hydrogens (tertiary/aromatic N) is 3. The molecule has 0 radical (unpaired) electrons. The molecule has 0 N–H and O–H groups in total. The average Bonchev–Trinajstić information content (AvgIpc) is 2.73. The summed E-state index contributed by atoms with van der Waals surface area (Å²) in [5.74, 6) is 1.20. The molecule has 4 rings (SSSR count). The standard InChI is InChI=1S/C22H16IN3O2/c1-28-18-7-4-6-17(14-18)26-21(11-9-16-5-2-3-12-24-16)25-20-10-8-15(23)13-19(20)22(26)27/h2-14H,1H3/b11-9+. The fraction of sp³-hybridized carbons (Fsp3) is 0.0455. The number of ether oxygens (including phenoxy) is 1. The first kappa shape index (κ1) is 18.4. The zero-order chi connectivity index (χ0) is 19.5. The number of rotatable bonds is 4. The molecule has 138 valence electrons. The quantitative estimate of drug-likeness (QED) is 0.401. The summed E-state index contributed by atoms with van der Waals surface area (Å²) in [6.07, 6.45) is 5.38. The maximum Gasteiger partial charge on any atom is 0.266 e. The van der Waals surface area contributed by atoms with Gasteiger partial charge in [-0.3, -0.25) is 14.3 Å². The van der Waals surface area contributed by atoms with Crippen molar-refractivity contribution in [3.05, 3.63) is 92.3 Å². The number of benzene rings is 2. The van der Waals surface area contributed by atoms with Crippen LogP contribution in [0.1, 0.15) is 11.5 Å². The van der Waals surface area contributed by atoms with Crippen LogP contribution >= 0.6 is 22.6 Å². The molecule has 0 aliphatic rings. The lowest BCUT2D eigenvalue weighted by molar-refractivity contribution is 0.414. The Morgan fingerprint density at radius 3 is 2.71 bits per heavy atom. The second-order valence-electron chi connectivity index (χ2n) is 6.06. The van der Waals surface area contributed by atoms with Crippen molar-refractivity contribution >= 4 is 45.6 Å². The fourth-order valence-electron chi connectivity index (χ4n) is 2.92. The molecule has 0 spiro atoms. The van der Waals surface area contributed by atoms with Gasteiger partial charge < -0.3 is 4.74 Å². The molecule has 6 heteroatoms. The molecule has 2 heterocycles. The van der Waals surface area contributed by atoms with Gasteiger partial charge in [-0.15, -0.1) is 0 Å². The van der Waals surface area contributed by atoms with Crippen LogP contribution in [0.2, 0.25) is 0 Å². The smallest absolute Gasteiger partial charge is 0.266 e. The summed E-state index contributed by atoms with van der Waals surface area (Å²) >= 11 is 2.20. The van der Waals surface area contributed by atoms with Crippen molar-refractivity contribution in [2.75, 3.05) is 7.11 Å². The number of aromatic nitrogens is 3. The Balaban J connectivity index is 1.97. The van der Waals surface area contributed by atoms with Gasteiger partial charge in [0.2, 0.25) is 0 Å². The van der Waals surface area contributed by atoms with Gasteiger partial charge in [0.05, 0.1) is 29.4 Å². The van der Waals surface area contributed by atoms with E-state index in [1.165, 1.54) is 0 Å². The molecular weight excluding hydrogens is 465 g/mol.